The summed E-state index contributed by atoms with van der Waals surface area (Å²) in [6.45, 7) is 1.09. The second-order valence-corrected chi connectivity index (χ2v) is 4.60. The SMILES string of the molecule is COc1ncccc1C(=O)NCc1ccc(CCN)cc1. The molecule has 3 N–H and O–H groups in total. The maximum atomic E-state index is 12.1. The van der Waals surface area contributed by atoms with Crippen LogP contribution in [0.5, 0.6) is 5.88 Å². The number of hydrogen-bond acceptors (Lipinski definition) is 4. The fourth-order valence-corrected chi connectivity index (χ4v) is 1.99. The molecule has 0 aliphatic heterocycles. The first-order valence-electron chi connectivity index (χ1n) is 6.79. The van der Waals surface area contributed by atoms with Crippen LogP contribution in [0, 0.1) is 0 Å². The lowest BCUT2D eigenvalue weighted by Gasteiger charge is -2.08. The van der Waals surface area contributed by atoms with Gasteiger partial charge >= 0.3 is 0 Å². The minimum atomic E-state index is -0.203. The van der Waals surface area contributed by atoms with Gasteiger partial charge in [-0.25, -0.2) is 4.98 Å². The Bertz CT molecular complexity index is 597. The summed E-state index contributed by atoms with van der Waals surface area (Å²) in [6.07, 6.45) is 2.45. The summed E-state index contributed by atoms with van der Waals surface area (Å²) < 4.78 is 5.08. The van der Waals surface area contributed by atoms with Gasteiger partial charge in [0.15, 0.2) is 0 Å². The van der Waals surface area contributed by atoms with Gasteiger partial charge in [-0.3, -0.25) is 4.79 Å². The van der Waals surface area contributed by atoms with Crippen LogP contribution in [0.4, 0.5) is 0 Å². The highest BCUT2D eigenvalue weighted by molar-refractivity contribution is 5.96. The van der Waals surface area contributed by atoms with E-state index in [0.29, 0.717) is 24.5 Å². The van der Waals surface area contributed by atoms with Crippen molar-refractivity contribution in [3.63, 3.8) is 0 Å². The van der Waals surface area contributed by atoms with E-state index in [1.807, 2.05) is 24.3 Å². The van der Waals surface area contributed by atoms with Crippen LogP contribution in [0.3, 0.4) is 0 Å². The third-order valence-electron chi connectivity index (χ3n) is 3.12. The fraction of sp³-hybridized carbons (Fsp3) is 0.250. The van der Waals surface area contributed by atoms with Crippen LogP contribution in [0.25, 0.3) is 0 Å². The number of aromatic nitrogens is 1. The Labute approximate surface area is 124 Å². The quantitative estimate of drug-likeness (QED) is 0.843. The molecule has 0 aliphatic carbocycles. The molecule has 2 rings (SSSR count). The highest BCUT2D eigenvalue weighted by Crippen LogP contribution is 2.13. The lowest BCUT2D eigenvalue weighted by molar-refractivity contribution is 0.0947. The molecular weight excluding hydrogens is 266 g/mol. The Hall–Kier alpha value is -2.40. The minimum absolute atomic E-state index is 0.203. The smallest absolute Gasteiger partial charge is 0.257 e. The first kappa shape index (κ1) is 15.0. The van der Waals surface area contributed by atoms with Crippen molar-refractivity contribution in [2.45, 2.75) is 13.0 Å². The molecule has 1 amide bonds. The normalized spacial score (nSPS) is 10.2. The zero-order valence-corrected chi connectivity index (χ0v) is 12.0. The van der Waals surface area contributed by atoms with Crippen LogP contribution < -0.4 is 15.8 Å². The number of benzene rings is 1. The third kappa shape index (κ3) is 4.03. The minimum Gasteiger partial charge on any atom is -0.480 e. The number of rotatable bonds is 6. The maximum absolute atomic E-state index is 12.1. The van der Waals surface area contributed by atoms with Crippen LogP contribution in [-0.2, 0) is 13.0 Å². The molecule has 1 heterocycles. The molecule has 0 fully saturated rings. The van der Waals surface area contributed by atoms with Crippen molar-refractivity contribution in [2.24, 2.45) is 5.73 Å². The molecule has 0 saturated heterocycles. The van der Waals surface area contributed by atoms with Crippen LogP contribution in [0.2, 0.25) is 0 Å². The molecule has 5 nitrogen and oxygen atoms in total. The number of hydrogen-bond donors (Lipinski definition) is 2. The Morgan fingerprint density at radius 2 is 1.95 bits per heavy atom. The summed E-state index contributed by atoms with van der Waals surface area (Å²) in [6, 6.07) is 11.4. The third-order valence-corrected chi connectivity index (χ3v) is 3.12. The van der Waals surface area contributed by atoms with E-state index in [2.05, 4.69) is 10.3 Å². The summed E-state index contributed by atoms with van der Waals surface area (Å²) in [5, 5.41) is 2.86. The molecule has 0 bridgehead atoms. The van der Waals surface area contributed by atoms with E-state index in [4.69, 9.17) is 10.5 Å². The van der Waals surface area contributed by atoms with E-state index < -0.39 is 0 Å². The topological polar surface area (TPSA) is 77.2 Å². The van der Waals surface area contributed by atoms with E-state index in [1.165, 1.54) is 12.7 Å². The highest BCUT2D eigenvalue weighted by atomic mass is 16.5. The van der Waals surface area contributed by atoms with E-state index in [9.17, 15) is 4.79 Å². The number of carbonyl (C=O) groups is 1. The molecule has 21 heavy (non-hydrogen) atoms. The Kier molecular flexibility index (Phi) is 5.29. The van der Waals surface area contributed by atoms with Gasteiger partial charge < -0.3 is 15.8 Å². The van der Waals surface area contributed by atoms with Crippen LogP contribution in [-0.4, -0.2) is 24.5 Å². The van der Waals surface area contributed by atoms with E-state index >= 15 is 0 Å². The van der Waals surface area contributed by atoms with Crippen molar-refractivity contribution in [1.82, 2.24) is 10.3 Å². The molecule has 110 valence electrons. The van der Waals surface area contributed by atoms with Crippen molar-refractivity contribution in [2.75, 3.05) is 13.7 Å². The number of nitrogens with zero attached hydrogens (tertiary/aromatic N) is 1. The van der Waals surface area contributed by atoms with Crippen LogP contribution in [0.1, 0.15) is 21.5 Å². The molecular formula is C16H19N3O2. The summed E-state index contributed by atoms with van der Waals surface area (Å²) in [5.74, 6) is 0.124. The number of nitrogens with one attached hydrogen (secondary N) is 1. The van der Waals surface area contributed by atoms with Gasteiger partial charge in [0.1, 0.15) is 5.56 Å². The van der Waals surface area contributed by atoms with Gasteiger partial charge in [0, 0.05) is 12.7 Å². The van der Waals surface area contributed by atoms with Crippen LogP contribution in [0.15, 0.2) is 42.6 Å². The summed E-state index contributed by atoms with van der Waals surface area (Å²) >= 11 is 0. The molecule has 0 unspecified atom stereocenters. The summed E-state index contributed by atoms with van der Waals surface area (Å²) in [5.41, 5.74) is 8.17. The van der Waals surface area contributed by atoms with Gasteiger partial charge in [-0.05, 0) is 36.2 Å². The van der Waals surface area contributed by atoms with E-state index in [-0.39, 0.29) is 5.91 Å². The number of pyridine rings is 1. The predicted octanol–water partition coefficient (Wildman–Crippen LogP) is 1.52. The lowest BCUT2D eigenvalue weighted by Crippen LogP contribution is -2.23. The molecule has 2 aromatic rings. The van der Waals surface area contributed by atoms with Crippen molar-refractivity contribution in [3.8, 4) is 5.88 Å². The number of methoxy groups -OCH3 is 1. The number of carbonyl (C=O) groups excluding carboxylic acids is 1. The first-order valence-corrected chi connectivity index (χ1v) is 6.79. The molecule has 0 spiro atoms. The molecule has 5 heteroatoms. The van der Waals surface area contributed by atoms with Gasteiger partial charge in [0.25, 0.3) is 5.91 Å². The second-order valence-electron chi connectivity index (χ2n) is 4.60. The predicted molar refractivity (Wildman–Crippen MR) is 81.2 cm³/mol. The Morgan fingerprint density at radius 1 is 1.24 bits per heavy atom. The van der Waals surface area contributed by atoms with Gasteiger partial charge in [-0.1, -0.05) is 24.3 Å². The number of nitrogens with two attached hydrogens (primary N) is 1. The average Bonchev–Trinajstić information content (AvgIpc) is 2.54. The lowest BCUT2D eigenvalue weighted by atomic mass is 10.1. The summed E-state index contributed by atoms with van der Waals surface area (Å²) in [7, 11) is 1.50. The molecule has 1 aromatic heterocycles. The maximum Gasteiger partial charge on any atom is 0.257 e. The number of ether oxygens (including phenoxy) is 1. The molecule has 0 atom stereocenters. The average molecular weight is 285 g/mol. The van der Waals surface area contributed by atoms with Crippen molar-refractivity contribution < 1.29 is 9.53 Å². The fourth-order valence-electron chi connectivity index (χ4n) is 1.99. The zero-order valence-electron chi connectivity index (χ0n) is 12.0. The molecule has 0 saturated carbocycles. The van der Waals surface area contributed by atoms with E-state index in [1.54, 1.807) is 18.3 Å². The van der Waals surface area contributed by atoms with Gasteiger partial charge in [-0.2, -0.15) is 0 Å². The van der Waals surface area contributed by atoms with E-state index in [0.717, 1.165) is 12.0 Å². The molecule has 0 radical (unpaired) electrons. The molecule has 1 aromatic carbocycles. The number of amides is 1. The van der Waals surface area contributed by atoms with Gasteiger partial charge in [0.2, 0.25) is 5.88 Å². The van der Waals surface area contributed by atoms with Crippen molar-refractivity contribution >= 4 is 5.91 Å². The standard InChI is InChI=1S/C16H19N3O2/c1-21-16-14(3-2-10-18-16)15(20)19-11-13-6-4-12(5-7-13)8-9-17/h2-7,10H,8-9,11,17H2,1H3,(H,19,20). The van der Waals surface area contributed by atoms with Gasteiger partial charge in [-0.15, -0.1) is 0 Å². The van der Waals surface area contributed by atoms with Crippen molar-refractivity contribution in [3.05, 3.63) is 59.3 Å². The highest BCUT2D eigenvalue weighted by Gasteiger charge is 2.12. The largest absolute Gasteiger partial charge is 0.480 e. The molecule has 0 aliphatic rings. The first-order chi connectivity index (χ1) is 10.2. The van der Waals surface area contributed by atoms with Crippen LogP contribution >= 0.6 is 0 Å². The second kappa shape index (κ2) is 7.40. The summed E-state index contributed by atoms with van der Waals surface area (Å²) in [4.78, 5) is 16.1. The zero-order chi connectivity index (χ0) is 15.1. The van der Waals surface area contributed by atoms with Crippen molar-refractivity contribution in [1.29, 1.82) is 0 Å². The Morgan fingerprint density at radius 3 is 2.62 bits per heavy atom. The monoisotopic (exact) mass is 285 g/mol. The van der Waals surface area contributed by atoms with Gasteiger partial charge in [0.05, 0.1) is 7.11 Å². The Balaban J connectivity index is 1.97.